The number of benzene rings is 3. The van der Waals surface area contributed by atoms with Crippen molar-refractivity contribution in [1.82, 2.24) is 14.9 Å². The van der Waals surface area contributed by atoms with E-state index in [1.165, 1.54) is 74.5 Å². The maximum absolute atomic E-state index is 13.5. The van der Waals surface area contributed by atoms with E-state index in [2.05, 4.69) is 20.9 Å². The van der Waals surface area contributed by atoms with Crippen LogP contribution in [0.3, 0.4) is 0 Å². The number of aromatic nitrogens is 2. The van der Waals surface area contributed by atoms with Crippen molar-refractivity contribution in [2.24, 2.45) is 0 Å². The van der Waals surface area contributed by atoms with Crippen LogP contribution in [-0.2, 0) is 19.2 Å². The minimum atomic E-state index is -0.987. The van der Waals surface area contributed by atoms with Gasteiger partial charge in [0.05, 0.1) is 11.4 Å². The maximum Gasteiger partial charge on any atom is 1.00 e. The van der Waals surface area contributed by atoms with Gasteiger partial charge in [0.1, 0.15) is 5.57 Å². The molecule has 1 aliphatic rings. The van der Waals surface area contributed by atoms with Gasteiger partial charge in [-0.25, -0.2) is 19.1 Å². The van der Waals surface area contributed by atoms with Crippen molar-refractivity contribution >= 4 is 58.4 Å². The first kappa shape index (κ1) is 36.3. The molecule has 246 valence electrons. The van der Waals surface area contributed by atoms with Gasteiger partial charge in [-0.15, -0.1) is 0 Å². The van der Waals surface area contributed by atoms with E-state index in [9.17, 15) is 38.7 Å². The van der Waals surface area contributed by atoms with E-state index in [0.717, 1.165) is 9.47 Å². The molecule has 4 N–H and O–H groups in total. The van der Waals surface area contributed by atoms with Gasteiger partial charge in [-0.1, -0.05) is 54.6 Å². The van der Waals surface area contributed by atoms with Crippen molar-refractivity contribution < 1.29 is 47.9 Å². The maximum atomic E-state index is 13.5. The van der Waals surface area contributed by atoms with E-state index in [4.69, 9.17) is 0 Å². The average Bonchev–Trinajstić information content (AvgIpc) is 3.03. The predicted octanol–water partition coefficient (Wildman–Crippen LogP) is -0.174. The summed E-state index contributed by atoms with van der Waals surface area (Å²) in [5, 5.41) is 20.1. The SMILES string of the molecule is CC(=O)Nc1cccc(N2C(=O)NC(=O)/C(=C/C=C(/C=C/c3c([O-])[nH]c(=O)n(-c4cccc(NC(C)=O)c4)c3=O)c3ccccc3)C2=O)c1.[Li+]. The molecule has 0 bridgehead atoms. The molecule has 15 heteroatoms. The molecule has 0 atom stereocenters. The fraction of sp³-hybridized carbons (Fsp3) is 0.0571. The van der Waals surface area contributed by atoms with Crippen LogP contribution in [0.4, 0.5) is 21.9 Å². The molecule has 0 aliphatic carbocycles. The topological polar surface area (TPSA) is 203 Å². The van der Waals surface area contributed by atoms with Gasteiger partial charge >= 0.3 is 30.6 Å². The normalized spacial score (nSPS) is 14.0. The van der Waals surface area contributed by atoms with Crippen LogP contribution in [0.2, 0.25) is 0 Å². The van der Waals surface area contributed by atoms with Gasteiger partial charge in [-0.2, -0.15) is 0 Å². The number of hydrogen-bond donors (Lipinski definition) is 4. The number of urea groups is 1. The van der Waals surface area contributed by atoms with Gasteiger partial charge in [0, 0.05) is 30.8 Å². The summed E-state index contributed by atoms with van der Waals surface area (Å²) in [7, 11) is 0. The van der Waals surface area contributed by atoms with Crippen LogP contribution in [0.1, 0.15) is 25.0 Å². The number of rotatable bonds is 8. The fourth-order valence-electron chi connectivity index (χ4n) is 4.90. The average molecular weight is 667 g/mol. The number of H-pyrrole nitrogens is 1. The van der Waals surface area contributed by atoms with E-state index in [1.54, 1.807) is 42.5 Å². The van der Waals surface area contributed by atoms with E-state index in [1.807, 2.05) is 0 Å². The molecule has 1 fully saturated rings. The number of anilines is 3. The number of amides is 6. The van der Waals surface area contributed by atoms with Gasteiger partial charge in [0.2, 0.25) is 11.8 Å². The summed E-state index contributed by atoms with van der Waals surface area (Å²) in [6, 6.07) is 19.5. The summed E-state index contributed by atoms with van der Waals surface area (Å²) in [5.74, 6) is -3.58. The Labute approximate surface area is 296 Å². The molecule has 5 rings (SSSR count). The van der Waals surface area contributed by atoms with Gasteiger partial charge in [0.15, 0.2) is 0 Å². The quantitative estimate of drug-likeness (QED) is 0.0859. The number of aromatic amines is 1. The van der Waals surface area contributed by atoms with Crippen LogP contribution in [0.15, 0.2) is 112 Å². The van der Waals surface area contributed by atoms with Crippen LogP contribution in [0, 0.1) is 0 Å². The molecule has 2 heterocycles. The van der Waals surface area contributed by atoms with Crippen molar-refractivity contribution in [3.8, 4) is 11.6 Å². The molecule has 0 saturated carbocycles. The van der Waals surface area contributed by atoms with E-state index >= 15 is 0 Å². The van der Waals surface area contributed by atoms with Crippen molar-refractivity contribution in [1.29, 1.82) is 0 Å². The Bertz CT molecular complexity index is 2240. The van der Waals surface area contributed by atoms with Crippen molar-refractivity contribution in [2.45, 2.75) is 13.8 Å². The summed E-state index contributed by atoms with van der Waals surface area (Å²) in [4.78, 5) is 91.1. The molecule has 1 saturated heterocycles. The second kappa shape index (κ2) is 15.6. The Hall–Kier alpha value is -6.49. The van der Waals surface area contributed by atoms with Gasteiger partial charge < -0.3 is 20.7 Å². The molecule has 0 unspecified atom stereocenters. The zero-order chi connectivity index (χ0) is 35.2. The zero-order valence-electron chi connectivity index (χ0n) is 27.0. The number of nitrogens with zero attached hydrogens (tertiary/aromatic N) is 2. The van der Waals surface area contributed by atoms with E-state index in [-0.39, 0.29) is 42.0 Å². The van der Waals surface area contributed by atoms with Crippen molar-refractivity contribution in [3.63, 3.8) is 0 Å². The Balaban J connectivity index is 0.00000562. The molecule has 1 aromatic heterocycles. The first-order valence-corrected chi connectivity index (χ1v) is 14.6. The number of nitrogens with one attached hydrogen (secondary N) is 4. The summed E-state index contributed by atoms with van der Waals surface area (Å²) < 4.78 is 0.748. The van der Waals surface area contributed by atoms with E-state index in [0.29, 0.717) is 22.5 Å². The molecule has 50 heavy (non-hydrogen) atoms. The molecule has 3 aromatic carbocycles. The van der Waals surface area contributed by atoms with Gasteiger partial charge in [-0.3, -0.25) is 29.3 Å². The largest absolute Gasteiger partial charge is 1.00 e. The van der Waals surface area contributed by atoms with Crippen LogP contribution >= 0.6 is 0 Å². The van der Waals surface area contributed by atoms with Crippen LogP contribution in [0.25, 0.3) is 17.3 Å². The minimum absolute atomic E-state index is 0. The third-order valence-corrected chi connectivity index (χ3v) is 7.02. The summed E-state index contributed by atoms with van der Waals surface area (Å²) in [6.45, 7) is 2.60. The zero-order valence-corrected chi connectivity index (χ0v) is 27.0. The Kier molecular flexibility index (Phi) is 11.3. The molecule has 4 aromatic rings. The third kappa shape index (κ3) is 8.13. The molecular weight excluding hydrogens is 639 g/mol. The number of allylic oxidation sites excluding steroid dienone is 4. The Morgan fingerprint density at radius 1 is 0.800 bits per heavy atom. The summed E-state index contributed by atoms with van der Waals surface area (Å²) in [5.41, 5.74) is -0.981. The molecule has 0 spiro atoms. The molecule has 0 radical (unpaired) electrons. The van der Waals surface area contributed by atoms with E-state index < -0.39 is 46.1 Å². The number of imide groups is 2. The number of barbiturate groups is 1. The van der Waals surface area contributed by atoms with Crippen LogP contribution in [-0.4, -0.2) is 39.2 Å². The number of carbonyl (C=O) groups is 5. The van der Waals surface area contributed by atoms with Crippen LogP contribution in [0.5, 0.6) is 5.88 Å². The fourth-order valence-corrected chi connectivity index (χ4v) is 4.90. The van der Waals surface area contributed by atoms with Crippen LogP contribution < -0.4 is 56.1 Å². The molecule has 6 amide bonds. The first-order valence-electron chi connectivity index (χ1n) is 14.6. The van der Waals surface area contributed by atoms with Crippen molar-refractivity contribution in [2.75, 3.05) is 15.5 Å². The Morgan fingerprint density at radius 3 is 2.02 bits per heavy atom. The van der Waals surface area contributed by atoms with Gasteiger partial charge in [0.25, 0.3) is 17.4 Å². The summed E-state index contributed by atoms with van der Waals surface area (Å²) >= 11 is 0. The summed E-state index contributed by atoms with van der Waals surface area (Å²) in [6.07, 6.45) is 5.17. The second-order valence-electron chi connectivity index (χ2n) is 10.6. The molecule has 14 nitrogen and oxygen atoms in total. The third-order valence-electron chi connectivity index (χ3n) is 7.02. The molecule has 1 aliphatic heterocycles. The molecular formula is C35H27LiN6O8. The second-order valence-corrected chi connectivity index (χ2v) is 10.6. The number of hydrogen-bond acceptors (Lipinski definition) is 8. The first-order chi connectivity index (χ1) is 23.4. The van der Waals surface area contributed by atoms with Gasteiger partial charge in [-0.05, 0) is 65.6 Å². The predicted molar refractivity (Wildman–Crippen MR) is 180 cm³/mol. The minimum Gasteiger partial charge on any atom is -0.860 e. The monoisotopic (exact) mass is 666 g/mol. The number of carbonyl (C=O) groups excluding carboxylic acids is 5. The van der Waals surface area contributed by atoms with Crippen molar-refractivity contribution in [3.05, 3.63) is 135 Å². The Morgan fingerprint density at radius 2 is 1.40 bits per heavy atom. The smallest absolute Gasteiger partial charge is 0.860 e. The standard InChI is InChI=1S/C35H28N6O8.Li/c1-20(42)36-24-10-6-12-26(18-24)40-32(46)28(30(44)38-34(40)48)16-14-23(22-8-4-3-5-9-22)15-17-29-31(45)39-35(49)41(33(29)47)27-13-7-11-25(19-27)37-21(2)43;/h3-19,44H,1-2H3,(H,36,42)(H,37,43)(H,38,48)(H,39,45,49);/q;+1/p-1/b16-14+,23-15-,29-17-;.